The van der Waals surface area contributed by atoms with E-state index in [4.69, 9.17) is 37.4 Å². The number of methoxy groups -OCH3 is 3. The largest absolute Gasteiger partial charge is 0.493 e. The minimum absolute atomic E-state index is 0.129. The van der Waals surface area contributed by atoms with Crippen molar-refractivity contribution in [2.75, 3.05) is 67.1 Å². The van der Waals surface area contributed by atoms with E-state index >= 15 is 0 Å². The Morgan fingerprint density at radius 1 is 0.923 bits per heavy atom. The average Bonchev–Trinajstić information content (AvgIpc) is 3.83. The number of benzene rings is 2. The number of ether oxygens (including phenoxy) is 3. The number of carbonyl (C=O) groups excluding carboxylic acids is 2. The van der Waals surface area contributed by atoms with Crippen molar-refractivity contribution < 1.29 is 33.7 Å². The maximum Gasteiger partial charge on any atom is 0.307 e. The Labute approximate surface area is 313 Å². The van der Waals surface area contributed by atoms with Crippen molar-refractivity contribution in [1.29, 1.82) is 0 Å². The first-order chi connectivity index (χ1) is 25.0. The van der Waals surface area contributed by atoms with Crippen LogP contribution in [0.15, 0.2) is 54.9 Å². The van der Waals surface area contributed by atoms with Crippen LogP contribution in [0.3, 0.4) is 0 Å². The molecule has 0 bridgehead atoms. The number of hydrogen-bond donors (Lipinski definition) is 2. The first kappa shape index (κ1) is 37.7. The molecule has 3 fully saturated rings. The van der Waals surface area contributed by atoms with Gasteiger partial charge in [-0.3, -0.25) is 24.8 Å². The molecule has 0 radical (unpaired) electrons. The van der Waals surface area contributed by atoms with E-state index < -0.39 is 22.7 Å². The molecule has 2 amide bonds. The van der Waals surface area contributed by atoms with Gasteiger partial charge in [-0.15, -0.1) is 0 Å². The second kappa shape index (κ2) is 15.9. The van der Waals surface area contributed by atoms with Gasteiger partial charge >= 0.3 is 5.97 Å². The van der Waals surface area contributed by atoms with Crippen LogP contribution in [0.1, 0.15) is 53.6 Å². The minimum Gasteiger partial charge on any atom is -0.493 e. The average molecular weight is 755 g/mol. The minimum atomic E-state index is -0.846. The van der Waals surface area contributed by atoms with Crippen molar-refractivity contribution in [3.63, 3.8) is 0 Å². The van der Waals surface area contributed by atoms with E-state index in [0.717, 1.165) is 30.5 Å². The first-order valence-electron chi connectivity index (χ1n) is 17.5. The zero-order valence-corrected chi connectivity index (χ0v) is 31.2. The lowest BCUT2D eigenvalue weighted by Gasteiger charge is -2.42. The zero-order valence-electron chi connectivity index (χ0n) is 29.7. The lowest BCUT2D eigenvalue weighted by molar-refractivity contribution is -0.142. The molecule has 2 N–H and O–H groups in total. The summed E-state index contributed by atoms with van der Waals surface area (Å²) in [6.45, 7) is 3.88. The number of halogens is 2. The quantitative estimate of drug-likeness (QED) is 0.259. The van der Waals surface area contributed by atoms with Crippen LogP contribution in [0.2, 0.25) is 10.0 Å². The standard InChI is InChI=1S/C38H45Cl2N5O7/c1-50-31-19-26(20-32(51-2)33(31)52-3)34(46)44-18-10-37(24-44,27-6-7-29(39)30(40)21-27)9-15-43-16-11-38(12-17-43,28-5-4-13-41-22-28)36(49)42-45-14-8-25(23-45)35(47)48/h4-7,13,19-22,25H,8-12,14-18,23-24H2,1-3H3,(H,42,49)(H,47,48). The Bertz CT molecular complexity index is 1760. The highest BCUT2D eigenvalue weighted by Gasteiger charge is 2.46. The van der Waals surface area contributed by atoms with Crippen molar-refractivity contribution in [2.24, 2.45) is 5.92 Å². The lowest BCUT2D eigenvalue weighted by atomic mass is 9.72. The maximum absolute atomic E-state index is 14.0. The number of hydrazine groups is 1. The van der Waals surface area contributed by atoms with Crippen LogP contribution in [-0.4, -0.2) is 110 Å². The number of amides is 2. The summed E-state index contributed by atoms with van der Waals surface area (Å²) in [6.07, 6.45) is 6.58. The van der Waals surface area contributed by atoms with Gasteiger partial charge in [0.15, 0.2) is 11.5 Å². The summed E-state index contributed by atoms with van der Waals surface area (Å²) in [6, 6.07) is 12.9. The topological polar surface area (TPSA) is 134 Å². The van der Waals surface area contributed by atoms with Crippen LogP contribution >= 0.6 is 23.2 Å². The van der Waals surface area contributed by atoms with E-state index in [1.54, 1.807) is 29.5 Å². The van der Waals surface area contributed by atoms with Crippen molar-refractivity contribution >= 4 is 41.0 Å². The van der Waals surface area contributed by atoms with Crippen LogP contribution in [0.25, 0.3) is 0 Å². The van der Waals surface area contributed by atoms with Gasteiger partial charge in [-0.25, -0.2) is 5.01 Å². The number of carboxylic acid groups (broad SMARTS) is 1. The molecule has 6 rings (SSSR count). The SMILES string of the molecule is COc1cc(C(=O)N2CCC(CCN3CCC(C(=O)NN4CCC(C(=O)O)C4)(c4cccnc4)CC3)(c3ccc(Cl)c(Cl)c3)C2)cc(OC)c1OC. The second-order valence-electron chi connectivity index (χ2n) is 13.9. The predicted molar refractivity (Wildman–Crippen MR) is 196 cm³/mol. The number of nitrogens with one attached hydrogen (secondary N) is 1. The Kier molecular flexibility index (Phi) is 11.5. The van der Waals surface area contributed by atoms with Gasteiger partial charge in [0.25, 0.3) is 5.91 Å². The Morgan fingerprint density at radius 2 is 1.65 bits per heavy atom. The molecule has 0 spiro atoms. The van der Waals surface area contributed by atoms with E-state index in [0.29, 0.717) is 84.8 Å². The third-order valence-corrected chi connectivity index (χ3v) is 11.9. The molecule has 3 aliphatic heterocycles. The Balaban J connectivity index is 1.19. The van der Waals surface area contributed by atoms with Gasteiger partial charge in [-0.05, 0) is 93.2 Å². The fraction of sp³-hybridized carbons (Fsp3) is 0.474. The maximum atomic E-state index is 14.0. The summed E-state index contributed by atoms with van der Waals surface area (Å²) in [5.74, 6) is -0.376. The zero-order chi connectivity index (χ0) is 37.0. The van der Waals surface area contributed by atoms with Crippen molar-refractivity contribution in [1.82, 2.24) is 25.2 Å². The van der Waals surface area contributed by atoms with Gasteiger partial charge in [-0.2, -0.15) is 0 Å². The fourth-order valence-electron chi connectivity index (χ4n) is 7.98. The van der Waals surface area contributed by atoms with Crippen LogP contribution in [0.4, 0.5) is 0 Å². The number of aromatic nitrogens is 1. The van der Waals surface area contributed by atoms with Crippen LogP contribution in [-0.2, 0) is 20.4 Å². The van der Waals surface area contributed by atoms with E-state index in [9.17, 15) is 19.5 Å². The van der Waals surface area contributed by atoms with Gasteiger partial charge in [0, 0.05) is 49.6 Å². The molecule has 1 aromatic heterocycles. The third kappa shape index (κ3) is 7.52. The second-order valence-corrected chi connectivity index (χ2v) is 14.7. The van der Waals surface area contributed by atoms with E-state index in [2.05, 4.69) is 15.3 Å². The summed E-state index contributed by atoms with van der Waals surface area (Å²) in [7, 11) is 4.57. The van der Waals surface area contributed by atoms with Gasteiger partial charge < -0.3 is 29.1 Å². The number of nitrogens with zero attached hydrogens (tertiary/aromatic N) is 4. The number of likely N-dealkylation sites (tertiary alicyclic amines) is 2. The number of rotatable bonds is 12. The third-order valence-electron chi connectivity index (χ3n) is 11.1. The van der Waals surface area contributed by atoms with Crippen LogP contribution < -0.4 is 19.6 Å². The molecule has 2 unspecified atom stereocenters. The molecule has 3 saturated heterocycles. The Morgan fingerprint density at radius 3 is 2.25 bits per heavy atom. The molecule has 4 heterocycles. The highest BCUT2D eigenvalue weighted by molar-refractivity contribution is 6.42. The van der Waals surface area contributed by atoms with Gasteiger partial charge in [0.2, 0.25) is 11.7 Å². The number of pyridine rings is 1. The van der Waals surface area contributed by atoms with E-state index in [-0.39, 0.29) is 18.4 Å². The highest BCUT2D eigenvalue weighted by Crippen LogP contribution is 2.43. The summed E-state index contributed by atoms with van der Waals surface area (Å²) < 4.78 is 16.5. The molecule has 278 valence electrons. The van der Waals surface area contributed by atoms with Crippen LogP contribution in [0, 0.1) is 5.92 Å². The summed E-state index contributed by atoms with van der Waals surface area (Å²) in [5.41, 5.74) is 4.17. The molecule has 2 aromatic carbocycles. The molecule has 12 nitrogen and oxygen atoms in total. The van der Waals surface area contributed by atoms with E-state index in [1.807, 2.05) is 35.2 Å². The molecule has 3 aromatic rings. The molecular formula is C38H45Cl2N5O7. The molecule has 0 aliphatic carbocycles. The number of hydrogen-bond acceptors (Lipinski definition) is 9. The van der Waals surface area contributed by atoms with Crippen molar-refractivity contribution in [3.05, 3.63) is 81.6 Å². The Hall–Kier alpha value is -4.10. The number of carboxylic acids is 1. The molecule has 52 heavy (non-hydrogen) atoms. The smallest absolute Gasteiger partial charge is 0.307 e. The van der Waals surface area contributed by atoms with E-state index in [1.165, 1.54) is 21.3 Å². The normalized spacial score (nSPS) is 21.9. The van der Waals surface area contributed by atoms with Gasteiger partial charge in [0.05, 0.1) is 42.7 Å². The van der Waals surface area contributed by atoms with Crippen molar-refractivity contribution in [2.45, 2.75) is 42.9 Å². The molecule has 0 saturated carbocycles. The molecule has 3 aliphatic rings. The molecular weight excluding hydrogens is 709 g/mol. The molecule has 2 atom stereocenters. The summed E-state index contributed by atoms with van der Waals surface area (Å²) in [5, 5.41) is 12.1. The van der Waals surface area contributed by atoms with Gasteiger partial charge in [0.1, 0.15) is 0 Å². The number of carbonyl (C=O) groups is 3. The van der Waals surface area contributed by atoms with Gasteiger partial charge in [-0.1, -0.05) is 35.3 Å². The lowest BCUT2D eigenvalue weighted by Crippen LogP contribution is -2.55. The van der Waals surface area contributed by atoms with Crippen molar-refractivity contribution in [3.8, 4) is 17.2 Å². The number of piperidine rings is 1. The monoisotopic (exact) mass is 753 g/mol. The highest BCUT2D eigenvalue weighted by atomic mass is 35.5. The molecule has 14 heteroatoms. The first-order valence-corrected chi connectivity index (χ1v) is 18.2. The number of aliphatic carboxylic acids is 1. The predicted octanol–water partition coefficient (Wildman–Crippen LogP) is 5.06. The summed E-state index contributed by atoms with van der Waals surface area (Å²) in [4.78, 5) is 48.2. The fourth-order valence-corrected chi connectivity index (χ4v) is 8.28. The summed E-state index contributed by atoms with van der Waals surface area (Å²) >= 11 is 12.9. The van der Waals surface area contributed by atoms with Crippen LogP contribution in [0.5, 0.6) is 17.2 Å².